The van der Waals surface area contributed by atoms with Gasteiger partial charge in [0.25, 0.3) is 0 Å². The molecule has 2 N–H and O–H groups in total. The van der Waals surface area contributed by atoms with Gasteiger partial charge in [0.05, 0.1) is 0 Å². The van der Waals surface area contributed by atoms with Gasteiger partial charge in [-0.25, -0.2) is 0 Å². The van der Waals surface area contributed by atoms with Gasteiger partial charge in [-0.3, -0.25) is 9.11 Å². The fraction of sp³-hybridized carbons (Fsp3) is 1.00. The number of halogens is 8. The van der Waals surface area contributed by atoms with Crippen molar-refractivity contribution in [1.29, 1.82) is 0 Å². The maximum absolute atomic E-state index is 12.6. The molecule has 0 atom stereocenters. The average molecular weight is 402 g/mol. The van der Waals surface area contributed by atoms with Crippen LogP contribution in [-0.4, -0.2) is 99.7 Å². The molecule has 0 aromatic rings. The van der Waals surface area contributed by atoms with Crippen molar-refractivity contribution in [2.45, 2.75) is 22.4 Å². The molecule has 0 aromatic carbocycles. The molecule has 0 aromatic heterocycles. The standard InChI is InChI=1S/C4H2F8O6S2.K.H/c5-1(6,3(9,10)19(13,14)15)2(7,8)4(11,12)20(16,17)18;;/h(H,13,14,15)(H,16,17,18);;. The minimum absolute atomic E-state index is 0. The number of hydrogen-bond acceptors (Lipinski definition) is 4. The Balaban J connectivity index is 0. The molecule has 0 saturated heterocycles. The first-order valence-corrected chi connectivity index (χ1v) is 6.58. The van der Waals surface area contributed by atoms with Crippen LogP contribution in [0.1, 0.15) is 0 Å². The monoisotopic (exact) mass is 402 g/mol. The van der Waals surface area contributed by atoms with Crippen molar-refractivity contribution < 1.29 is 61.1 Å². The number of alkyl halides is 8. The zero-order valence-electron chi connectivity index (χ0n) is 8.37. The van der Waals surface area contributed by atoms with Gasteiger partial charge in [-0.2, -0.15) is 52.0 Å². The molecule has 0 aliphatic rings. The Kier molecular flexibility index (Phi) is 6.99. The van der Waals surface area contributed by atoms with E-state index in [9.17, 15) is 52.0 Å². The molecule has 21 heavy (non-hydrogen) atoms. The summed E-state index contributed by atoms with van der Waals surface area (Å²) in [4.78, 5) is 0. The first kappa shape index (κ1) is 24.2. The van der Waals surface area contributed by atoms with E-state index in [-0.39, 0.29) is 51.4 Å². The van der Waals surface area contributed by atoms with Gasteiger partial charge >= 0.3 is 94.0 Å². The Hall–Kier alpha value is 0.896. The molecule has 0 fully saturated rings. The van der Waals surface area contributed by atoms with Crippen molar-refractivity contribution >= 4 is 71.6 Å². The van der Waals surface area contributed by atoms with Gasteiger partial charge in [-0.15, -0.1) is 0 Å². The maximum atomic E-state index is 12.6. The third kappa shape index (κ3) is 3.54. The quantitative estimate of drug-likeness (QED) is 0.396. The van der Waals surface area contributed by atoms with Crippen LogP contribution in [0.3, 0.4) is 0 Å². The van der Waals surface area contributed by atoms with Gasteiger partial charge in [0, 0.05) is 0 Å². The molecule has 0 saturated carbocycles. The van der Waals surface area contributed by atoms with Gasteiger partial charge in [-0.05, 0) is 0 Å². The van der Waals surface area contributed by atoms with Crippen molar-refractivity contribution in [3.8, 4) is 0 Å². The Morgan fingerprint density at radius 1 is 0.571 bits per heavy atom. The second-order valence-corrected chi connectivity index (χ2v) is 6.06. The summed E-state index contributed by atoms with van der Waals surface area (Å²) in [7, 11) is -14.6. The van der Waals surface area contributed by atoms with E-state index >= 15 is 0 Å². The van der Waals surface area contributed by atoms with Crippen LogP contribution in [0.4, 0.5) is 35.1 Å². The first-order chi connectivity index (χ1) is 8.25. The number of hydrogen-bond donors (Lipinski definition) is 2. The summed E-state index contributed by atoms with van der Waals surface area (Å²) in [5.74, 6) is -15.2. The van der Waals surface area contributed by atoms with Crippen molar-refractivity contribution in [2.24, 2.45) is 0 Å². The van der Waals surface area contributed by atoms with Crippen LogP contribution < -0.4 is 0 Å². The SMILES string of the molecule is O=S(=O)(O)C(F)(F)C(F)(F)C(F)(F)C(F)(F)S(=O)(=O)O.[KH]. The predicted octanol–water partition coefficient (Wildman–Crippen LogP) is 0.570. The molecule has 17 heteroatoms. The average Bonchev–Trinajstić information content (AvgIpc) is 2.12. The molecule has 0 radical (unpaired) electrons. The molecular formula is C4H3F8KO6S2. The Morgan fingerprint density at radius 2 is 0.714 bits per heavy atom. The van der Waals surface area contributed by atoms with E-state index in [1.807, 2.05) is 0 Å². The van der Waals surface area contributed by atoms with Crippen molar-refractivity contribution in [2.75, 3.05) is 0 Å². The zero-order chi connectivity index (χ0) is 17.0. The Bertz CT molecular complexity index is 542. The van der Waals surface area contributed by atoms with Gasteiger partial charge in [0.15, 0.2) is 0 Å². The predicted molar refractivity (Wildman–Crippen MR) is 50.0 cm³/mol. The molecule has 0 rings (SSSR count). The van der Waals surface area contributed by atoms with Crippen LogP contribution in [0.5, 0.6) is 0 Å². The summed E-state index contributed by atoms with van der Waals surface area (Å²) in [6, 6.07) is 0. The second-order valence-electron chi connectivity index (χ2n) is 3.13. The van der Waals surface area contributed by atoms with Crippen molar-refractivity contribution in [1.82, 2.24) is 0 Å². The van der Waals surface area contributed by atoms with Gasteiger partial charge in [0.2, 0.25) is 0 Å². The molecule has 0 amide bonds. The van der Waals surface area contributed by atoms with Crippen LogP contribution in [0.2, 0.25) is 0 Å². The van der Waals surface area contributed by atoms with Gasteiger partial charge in [0.1, 0.15) is 0 Å². The molecule has 6 nitrogen and oxygen atoms in total. The summed E-state index contributed by atoms with van der Waals surface area (Å²) < 4.78 is 155. The van der Waals surface area contributed by atoms with Gasteiger partial charge in [-0.1, -0.05) is 0 Å². The van der Waals surface area contributed by atoms with Crippen LogP contribution in [0.25, 0.3) is 0 Å². The van der Waals surface area contributed by atoms with Crippen molar-refractivity contribution in [3.05, 3.63) is 0 Å². The molecule has 0 aliphatic heterocycles. The van der Waals surface area contributed by atoms with Crippen molar-refractivity contribution in [3.63, 3.8) is 0 Å². The summed E-state index contributed by atoms with van der Waals surface area (Å²) in [6.45, 7) is 0. The van der Waals surface area contributed by atoms with E-state index in [4.69, 9.17) is 9.11 Å². The van der Waals surface area contributed by atoms with E-state index in [1.165, 1.54) is 0 Å². The van der Waals surface area contributed by atoms with E-state index in [0.29, 0.717) is 0 Å². The van der Waals surface area contributed by atoms with E-state index in [2.05, 4.69) is 0 Å². The van der Waals surface area contributed by atoms with Crippen LogP contribution in [0.15, 0.2) is 0 Å². The number of rotatable bonds is 5. The van der Waals surface area contributed by atoms with E-state index in [1.54, 1.807) is 0 Å². The summed E-state index contributed by atoms with van der Waals surface area (Å²) in [6.07, 6.45) is 0. The fourth-order valence-corrected chi connectivity index (χ4v) is 1.59. The van der Waals surface area contributed by atoms with Crippen LogP contribution >= 0.6 is 0 Å². The zero-order valence-corrected chi connectivity index (χ0v) is 10.0. The molecule has 124 valence electrons. The van der Waals surface area contributed by atoms with E-state index in [0.717, 1.165) is 0 Å². The van der Waals surface area contributed by atoms with E-state index < -0.39 is 42.6 Å². The normalized spacial score (nSPS) is 15.5. The van der Waals surface area contributed by atoms with Gasteiger partial charge < -0.3 is 0 Å². The fourth-order valence-electron chi connectivity index (χ4n) is 0.690. The summed E-state index contributed by atoms with van der Waals surface area (Å²) in [5.41, 5.74) is 0. The second kappa shape index (κ2) is 6.08. The molecular weight excluding hydrogens is 399 g/mol. The Morgan fingerprint density at radius 3 is 0.810 bits per heavy atom. The molecule has 0 bridgehead atoms. The molecule has 0 unspecified atom stereocenters. The summed E-state index contributed by atoms with van der Waals surface area (Å²) in [5, 5.41) is -14.3. The topological polar surface area (TPSA) is 109 Å². The minimum atomic E-state index is -7.58. The van der Waals surface area contributed by atoms with Crippen LogP contribution in [0, 0.1) is 0 Å². The third-order valence-corrected chi connectivity index (χ3v) is 3.58. The Labute approximate surface area is 153 Å². The molecule has 0 spiro atoms. The first-order valence-electron chi connectivity index (χ1n) is 3.70. The summed E-state index contributed by atoms with van der Waals surface area (Å²) >= 11 is 0. The van der Waals surface area contributed by atoms with Crippen LogP contribution in [-0.2, 0) is 20.2 Å². The molecule has 0 heterocycles. The third-order valence-electron chi connectivity index (χ3n) is 1.77. The molecule has 0 aliphatic carbocycles.